The zero-order valence-corrected chi connectivity index (χ0v) is 21.7. The summed E-state index contributed by atoms with van der Waals surface area (Å²) in [5.41, 5.74) is 2.88. The molecule has 190 valence electrons. The van der Waals surface area contributed by atoms with Crippen LogP contribution in [-0.4, -0.2) is 31.7 Å². The van der Waals surface area contributed by atoms with E-state index in [0.29, 0.717) is 29.0 Å². The summed E-state index contributed by atoms with van der Waals surface area (Å²) in [4.78, 5) is 26.8. The molecule has 1 unspecified atom stereocenters. The van der Waals surface area contributed by atoms with Crippen molar-refractivity contribution in [2.75, 3.05) is 6.61 Å². The summed E-state index contributed by atoms with van der Waals surface area (Å²) < 4.78 is 14.5. The van der Waals surface area contributed by atoms with E-state index in [1.807, 2.05) is 37.3 Å². The van der Waals surface area contributed by atoms with Crippen LogP contribution in [0.5, 0.6) is 0 Å². The number of hydrogen-bond acceptors (Lipinski definition) is 6. The van der Waals surface area contributed by atoms with Gasteiger partial charge in [-0.2, -0.15) is 0 Å². The quantitative estimate of drug-likeness (QED) is 0.277. The Hall–Kier alpha value is -4.20. The minimum atomic E-state index is -0.599. The van der Waals surface area contributed by atoms with Gasteiger partial charge in [0, 0.05) is 5.92 Å². The largest absolute Gasteiger partial charge is 0.462 e. The molecule has 8 heteroatoms. The normalized spacial score (nSPS) is 12.5. The van der Waals surface area contributed by atoms with Gasteiger partial charge in [-0.05, 0) is 49.4 Å². The van der Waals surface area contributed by atoms with E-state index >= 15 is 0 Å². The first-order chi connectivity index (χ1) is 17.8. The molecule has 0 fully saturated rings. The van der Waals surface area contributed by atoms with Gasteiger partial charge >= 0.3 is 5.97 Å². The molecule has 3 heterocycles. The maximum Gasteiger partial charge on any atom is 0.342 e. The summed E-state index contributed by atoms with van der Waals surface area (Å²) in [7, 11) is 0. The number of aryl methyl sites for hydroxylation is 1. The van der Waals surface area contributed by atoms with Crippen molar-refractivity contribution in [3.63, 3.8) is 0 Å². The van der Waals surface area contributed by atoms with Crippen LogP contribution >= 0.6 is 0 Å². The van der Waals surface area contributed by atoms with Gasteiger partial charge in [-0.15, -0.1) is 10.2 Å². The molecule has 0 aliphatic rings. The first-order valence-electron chi connectivity index (χ1n) is 12.6. The van der Waals surface area contributed by atoms with Crippen LogP contribution in [-0.2, 0) is 11.2 Å². The third-order valence-electron chi connectivity index (χ3n) is 6.56. The van der Waals surface area contributed by atoms with Crippen molar-refractivity contribution < 1.29 is 13.9 Å². The van der Waals surface area contributed by atoms with E-state index in [9.17, 15) is 9.59 Å². The van der Waals surface area contributed by atoms with Crippen LogP contribution in [0, 0.1) is 12.8 Å². The predicted octanol–water partition coefficient (Wildman–Crippen LogP) is 5.46. The van der Waals surface area contributed by atoms with E-state index in [1.165, 1.54) is 10.1 Å². The number of ether oxygens (including phenoxy) is 1. The molecule has 2 aromatic carbocycles. The van der Waals surface area contributed by atoms with E-state index in [-0.39, 0.29) is 29.2 Å². The molecule has 5 rings (SSSR count). The van der Waals surface area contributed by atoms with E-state index < -0.39 is 11.5 Å². The molecule has 0 aliphatic carbocycles. The van der Waals surface area contributed by atoms with Gasteiger partial charge in [0.05, 0.1) is 12.3 Å². The second-order valence-electron chi connectivity index (χ2n) is 9.66. The molecule has 3 aromatic heterocycles. The molecule has 0 spiro atoms. The highest BCUT2D eigenvalue weighted by Gasteiger charge is 2.29. The number of carbonyl (C=O) groups excluding carboxylic acids is 1. The third-order valence-corrected chi connectivity index (χ3v) is 6.56. The number of hydrogen-bond donors (Lipinski definition) is 0. The standard InChI is InChI=1S/C29H30N4O4/c1-6-36-28(35)23-19(5)37-27-24(23)26(34)32(22-10-8-7-9-11-22)29-31-30-25(33(27)29)18(4)21-14-12-20(13-15-21)16-17(2)3/h7-15,17-18H,6,16H2,1-5H3. The molecule has 0 saturated carbocycles. The van der Waals surface area contributed by atoms with Gasteiger partial charge in [0.1, 0.15) is 22.5 Å². The Morgan fingerprint density at radius 3 is 2.38 bits per heavy atom. The van der Waals surface area contributed by atoms with Gasteiger partial charge in [0.25, 0.3) is 5.56 Å². The zero-order chi connectivity index (χ0) is 26.3. The van der Waals surface area contributed by atoms with E-state index in [2.05, 4.69) is 48.3 Å². The predicted molar refractivity (Wildman–Crippen MR) is 142 cm³/mol. The molecular formula is C29H30N4O4. The summed E-state index contributed by atoms with van der Waals surface area (Å²) in [6, 6.07) is 17.7. The average molecular weight is 499 g/mol. The van der Waals surface area contributed by atoms with Crippen molar-refractivity contribution in [2.45, 2.75) is 47.0 Å². The van der Waals surface area contributed by atoms with Gasteiger partial charge < -0.3 is 9.15 Å². The van der Waals surface area contributed by atoms with Crippen LogP contribution in [0.25, 0.3) is 22.6 Å². The monoisotopic (exact) mass is 498 g/mol. The summed E-state index contributed by atoms with van der Waals surface area (Å²) in [5.74, 6) is 1.03. The summed E-state index contributed by atoms with van der Waals surface area (Å²) in [6.07, 6.45) is 1.01. The molecule has 5 aromatic rings. The molecule has 0 amide bonds. The van der Waals surface area contributed by atoms with Crippen LogP contribution in [0.2, 0.25) is 0 Å². The van der Waals surface area contributed by atoms with Gasteiger partial charge in [-0.3, -0.25) is 4.79 Å². The lowest BCUT2D eigenvalue weighted by molar-refractivity contribution is 0.0526. The van der Waals surface area contributed by atoms with Gasteiger partial charge in [-0.25, -0.2) is 13.8 Å². The highest BCUT2D eigenvalue weighted by atomic mass is 16.5. The van der Waals surface area contributed by atoms with Crippen molar-refractivity contribution in [3.05, 3.63) is 93.2 Å². The lowest BCUT2D eigenvalue weighted by Gasteiger charge is -2.13. The van der Waals surface area contributed by atoms with Crippen LogP contribution in [0.1, 0.15) is 66.7 Å². The van der Waals surface area contributed by atoms with E-state index in [4.69, 9.17) is 9.15 Å². The van der Waals surface area contributed by atoms with Crippen molar-refractivity contribution >= 4 is 22.8 Å². The fraction of sp³-hybridized carbons (Fsp3) is 0.310. The number of esters is 1. The first kappa shape index (κ1) is 24.5. The van der Waals surface area contributed by atoms with Gasteiger partial charge in [-0.1, -0.05) is 63.2 Å². The number of para-hydroxylation sites is 1. The minimum absolute atomic E-state index is 0.124. The van der Waals surface area contributed by atoms with Crippen LogP contribution < -0.4 is 5.56 Å². The lowest BCUT2D eigenvalue weighted by Crippen LogP contribution is -2.23. The maximum atomic E-state index is 13.9. The Morgan fingerprint density at radius 2 is 1.73 bits per heavy atom. The van der Waals surface area contributed by atoms with Crippen molar-refractivity contribution in [3.8, 4) is 5.69 Å². The van der Waals surface area contributed by atoms with Gasteiger partial charge in [0.2, 0.25) is 11.5 Å². The highest BCUT2D eigenvalue weighted by molar-refractivity contribution is 6.04. The number of furan rings is 1. The molecule has 0 radical (unpaired) electrons. The zero-order valence-electron chi connectivity index (χ0n) is 21.7. The number of rotatable bonds is 7. The van der Waals surface area contributed by atoms with Crippen molar-refractivity contribution in [2.24, 2.45) is 5.92 Å². The fourth-order valence-corrected chi connectivity index (χ4v) is 4.82. The SMILES string of the molecule is CCOC(=O)c1c(C)oc2c1c(=O)n(-c1ccccc1)c1nnc(C(C)c3ccc(CC(C)C)cc3)n21. The number of benzene rings is 2. The minimum Gasteiger partial charge on any atom is -0.462 e. The summed E-state index contributed by atoms with van der Waals surface area (Å²) in [6.45, 7) is 10.0. The molecule has 0 bridgehead atoms. The lowest BCUT2D eigenvalue weighted by atomic mass is 9.96. The Balaban J connectivity index is 1.78. The smallest absolute Gasteiger partial charge is 0.342 e. The molecule has 0 N–H and O–H groups in total. The summed E-state index contributed by atoms with van der Waals surface area (Å²) >= 11 is 0. The first-order valence-corrected chi connectivity index (χ1v) is 12.6. The fourth-order valence-electron chi connectivity index (χ4n) is 4.82. The second-order valence-corrected chi connectivity index (χ2v) is 9.66. The van der Waals surface area contributed by atoms with Crippen LogP contribution in [0.4, 0.5) is 0 Å². The summed E-state index contributed by atoms with van der Waals surface area (Å²) in [5, 5.41) is 9.09. The number of carbonyl (C=O) groups is 1. The molecule has 0 aliphatic heterocycles. The molecule has 0 saturated heterocycles. The maximum absolute atomic E-state index is 13.9. The van der Waals surface area contributed by atoms with Crippen molar-refractivity contribution in [1.29, 1.82) is 0 Å². The average Bonchev–Trinajstić information content (AvgIpc) is 3.46. The van der Waals surface area contributed by atoms with E-state index in [0.717, 1.165) is 12.0 Å². The Kier molecular flexibility index (Phi) is 6.41. The Morgan fingerprint density at radius 1 is 1.03 bits per heavy atom. The number of aromatic nitrogens is 4. The highest BCUT2D eigenvalue weighted by Crippen LogP contribution is 2.30. The molecule has 37 heavy (non-hydrogen) atoms. The van der Waals surface area contributed by atoms with Crippen LogP contribution in [0.3, 0.4) is 0 Å². The Labute approximate surface area is 214 Å². The number of nitrogens with zero attached hydrogens (tertiary/aromatic N) is 4. The Bertz CT molecular complexity index is 1640. The van der Waals surface area contributed by atoms with E-state index in [1.54, 1.807) is 18.2 Å². The number of fused-ring (bicyclic) bond motifs is 3. The van der Waals surface area contributed by atoms with Gasteiger partial charge in [0.15, 0.2) is 0 Å². The molecular weight excluding hydrogens is 468 g/mol. The second kappa shape index (κ2) is 9.69. The topological polar surface area (TPSA) is 91.6 Å². The molecule has 1 atom stereocenters. The van der Waals surface area contributed by atoms with Crippen molar-refractivity contribution in [1.82, 2.24) is 19.2 Å². The molecule has 8 nitrogen and oxygen atoms in total. The van der Waals surface area contributed by atoms with Crippen LogP contribution in [0.15, 0.2) is 63.8 Å². The third kappa shape index (κ3) is 4.22.